The number of hydrogen-bond acceptors (Lipinski definition) is 7. The molecular formula is C22H26N6O3S. The zero-order chi connectivity index (χ0) is 22.5. The molecule has 0 bridgehead atoms. The van der Waals surface area contributed by atoms with Crippen molar-refractivity contribution < 1.29 is 14.3 Å². The first-order chi connectivity index (χ1) is 15.5. The number of aromatic amines is 1. The molecule has 3 heterocycles. The minimum atomic E-state index is -0.448. The highest BCUT2D eigenvalue weighted by molar-refractivity contribution is 7.17. The summed E-state index contributed by atoms with van der Waals surface area (Å²) in [6.45, 7) is 4.28. The lowest BCUT2D eigenvalue weighted by molar-refractivity contribution is 0.00396. The van der Waals surface area contributed by atoms with E-state index in [1.165, 1.54) is 11.3 Å². The lowest BCUT2D eigenvalue weighted by atomic mass is 10.1. The lowest BCUT2D eigenvalue weighted by Gasteiger charge is -2.31. The minimum absolute atomic E-state index is 0.0186. The number of nitrogens with one attached hydrogen (secondary N) is 4. The second-order valence-electron chi connectivity index (χ2n) is 7.50. The summed E-state index contributed by atoms with van der Waals surface area (Å²) in [5.74, 6) is 0.0539. The number of nitrogens with two attached hydrogens (primary N) is 1. The summed E-state index contributed by atoms with van der Waals surface area (Å²) in [5.41, 5.74) is 7.48. The van der Waals surface area contributed by atoms with Crippen molar-refractivity contribution in [2.75, 3.05) is 25.0 Å². The van der Waals surface area contributed by atoms with E-state index in [1.807, 2.05) is 31.2 Å². The van der Waals surface area contributed by atoms with Crippen molar-refractivity contribution >= 4 is 34.7 Å². The Morgan fingerprint density at radius 2 is 2.09 bits per heavy atom. The molecular weight excluding hydrogens is 428 g/mol. The first-order valence-electron chi connectivity index (χ1n) is 10.5. The SMILES string of the molecule is CCC(NC(=O)c1ccc(Nc2cc(-c3ccc(C(N)=O)s3)[nH]n2)cc1)C1CNCCO1. The highest BCUT2D eigenvalue weighted by atomic mass is 32.1. The molecule has 168 valence electrons. The monoisotopic (exact) mass is 454 g/mol. The Hall–Kier alpha value is -3.21. The zero-order valence-corrected chi connectivity index (χ0v) is 18.5. The van der Waals surface area contributed by atoms with Crippen molar-refractivity contribution in [3.63, 3.8) is 0 Å². The molecule has 2 amide bonds. The van der Waals surface area contributed by atoms with Crippen molar-refractivity contribution in [3.05, 3.63) is 52.9 Å². The Balaban J connectivity index is 1.36. The third kappa shape index (κ3) is 5.16. The Bertz CT molecular complexity index is 1070. The van der Waals surface area contributed by atoms with Crippen molar-refractivity contribution in [1.82, 2.24) is 20.8 Å². The van der Waals surface area contributed by atoms with Gasteiger partial charge in [-0.05, 0) is 42.8 Å². The molecule has 2 atom stereocenters. The molecule has 1 aliphatic heterocycles. The number of nitrogens with zero attached hydrogens (tertiary/aromatic N) is 1. The fraction of sp³-hybridized carbons (Fsp3) is 0.318. The lowest BCUT2D eigenvalue weighted by Crippen LogP contribution is -2.51. The van der Waals surface area contributed by atoms with Gasteiger partial charge < -0.3 is 26.4 Å². The number of H-pyrrole nitrogens is 1. The number of aromatic nitrogens is 2. The molecule has 2 aromatic heterocycles. The Kier molecular flexibility index (Phi) is 6.84. The fourth-order valence-electron chi connectivity index (χ4n) is 3.53. The van der Waals surface area contributed by atoms with E-state index in [0.717, 1.165) is 35.8 Å². The number of benzene rings is 1. The fourth-order valence-corrected chi connectivity index (χ4v) is 4.36. The molecule has 0 saturated carbocycles. The molecule has 32 heavy (non-hydrogen) atoms. The van der Waals surface area contributed by atoms with E-state index in [9.17, 15) is 9.59 Å². The van der Waals surface area contributed by atoms with E-state index in [-0.39, 0.29) is 18.1 Å². The molecule has 6 N–H and O–H groups in total. The molecule has 1 fully saturated rings. The van der Waals surface area contributed by atoms with E-state index in [4.69, 9.17) is 10.5 Å². The summed E-state index contributed by atoms with van der Waals surface area (Å²) in [5, 5.41) is 16.8. The van der Waals surface area contributed by atoms with Crippen LogP contribution in [0, 0.1) is 0 Å². The van der Waals surface area contributed by atoms with Crippen LogP contribution in [0.15, 0.2) is 42.5 Å². The summed E-state index contributed by atoms with van der Waals surface area (Å²) < 4.78 is 5.78. The largest absolute Gasteiger partial charge is 0.373 e. The second-order valence-corrected chi connectivity index (χ2v) is 8.58. The van der Waals surface area contributed by atoms with Gasteiger partial charge in [-0.15, -0.1) is 11.3 Å². The van der Waals surface area contributed by atoms with Crippen molar-refractivity contribution in [2.45, 2.75) is 25.5 Å². The average Bonchev–Trinajstić information content (AvgIpc) is 3.48. The zero-order valence-electron chi connectivity index (χ0n) is 17.7. The number of primary amides is 1. The van der Waals surface area contributed by atoms with Gasteiger partial charge in [0, 0.05) is 30.4 Å². The van der Waals surface area contributed by atoms with Gasteiger partial charge >= 0.3 is 0 Å². The molecule has 2 unspecified atom stereocenters. The highest BCUT2D eigenvalue weighted by Crippen LogP contribution is 2.28. The van der Waals surface area contributed by atoms with Crippen LogP contribution in [0.5, 0.6) is 0 Å². The van der Waals surface area contributed by atoms with E-state index >= 15 is 0 Å². The third-order valence-corrected chi connectivity index (χ3v) is 6.41. The third-order valence-electron chi connectivity index (χ3n) is 5.27. The maximum atomic E-state index is 12.7. The first-order valence-corrected chi connectivity index (χ1v) is 11.3. The van der Waals surface area contributed by atoms with Crippen LogP contribution >= 0.6 is 11.3 Å². The molecule has 1 saturated heterocycles. The molecule has 1 aliphatic rings. The van der Waals surface area contributed by atoms with Gasteiger partial charge in [-0.1, -0.05) is 6.92 Å². The van der Waals surface area contributed by atoms with Crippen LogP contribution < -0.4 is 21.7 Å². The Morgan fingerprint density at radius 1 is 1.28 bits per heavy atom. The summed E-state index contributed by atoms with van der Waals surface area (Å²) >= 11 is 1.30. The van der Waals surface area contributed by atoms with Gasteiger partial charge in [0.2, 0.25) is 0 Å². The van der Waals surface area contributed by atoms with Gasteiger partial charge in [-0.3, -0.25) is 14.7 Å². The molecule has 1 aromatic carbocycles. The molecule has 0 aliphatic carbocycles. The smallest absolute Gasteiger partial charge is 0.258 e. The molecule has 9 nitrogen and oxygen atoms in total. The quantitative estimate of drug-likeness (QED) is 0.355. The number of morpholine rings is 1. The Morgan fingerprint density at radius 3 is 2.75 bits per heavy atom. The number of carbonyl (C=O) groups excluding carboxylic acids is 2. The molecule has 3 aromatic rings. The standard InChI is InChI=1S/C22H26N6O3S/c1-2-15(17-12-24-9-10-31-17)26-22(30)13-3-5-14(6-4-13)25-20-11-16(27-28-20)18-7-8-19(32-18)21(23)29/h3-8,11,15,17,24H,2,9-10,12H2,1H3,(H2,23,29)(H,26,30)(H2,25,27,28). The number of rotatable bonds is 8. The van der Waals surface area contributed by atoms with Crippen LogP contribution in [0.3, 0.4) is 0 Å². The summed E-state index contributed by atoms with van der Waals surface area (Å²) in [6, 6.07) is 12.5. The highest BCUT2D eigenvalue weighted by Gasteiger charge is 2.24. The molecule has 10 heteroatoms. The summed E-state index contributed by atoms with van der Waals surface area (Å²) in [6.07, 6.45) is 0.777. The number of hydrogen-bond donors (Lipinski definition) is 5. The van der Waals surface area contributed by atoms with Crippen molar-refractivity contribution in [3.8, 4) is 10.6 Å². The minimum Gasteiger partial charge on any atom is -0.373 e. The van der Waals surface area contributed by atoms with Gasteiger partial charge in [0.1, 0.15) is 0 Å². The van der Waals surface area contributed by atoms with Gasteiger partial charge in [0.25, 0.3) is 11.8 Å². The van der Waals surface area contributed by atoms with E-state index in [2.05, 4.69) is 26.1 Å². The van der Waals surface area contributed by atoms with Gasteiger partial charge in [-0.25, -0.2) is 0 Å². The predicted molar refractivity (Wildman–Crippen MR) is 124 cm³/mol. The van der Waals surface area contributed by atoms with Crippen LogP contribution in [-0.4, -0.2) is 53.9 Å². The van der Waals surface area contributed by atoms with Crippen LogP contribution in [0.4, 0.5) is 11.5 Å². The van der Waals surface area contributed by atoms with E-state index < -0.39 is 5.91 Å². The van der Waals surface area contributed by atoms with Crippen LogP contribution in [-0.2, 0) is 4.74 Å². The topological polar surface area (TPSA) is 134 Å². The number of thiophene rings is 1. The molecule has 4 rings (SSSR count). The molecule has 0 radical (unpaired) electrons. The van der Waals surface area contributed by atoms with E-state index in [0.29, 0.717) is 22.9 Å². The summed E-state index contributed by atoms with van der Waals surface area (Å²) in [4.78, 5) is 25.3. The molecule has 0 spiro atoms. The van der Waals surface area contributed by atoms with Crippen LogP contribution in [0.1, 0.15) is 33.4 Å². The van der Waals surface area contributed by atoms with Gasteiger partial charge in [0.15, 0.2) is 5.82 Å². The normalized spacial score (nSPS) is 17.0. The van der Waals surface area contributed by atoms with E-state index in [1.54, 1.807) is 18.2 Å². The average molecular weight is 455 g/mol. The van der Waals surface area contributed by atoms with Crippen LogP contribution in [0.25, 0.3) is 10.6 Å². The van der Waals surface area contributed by atoms with Crippen molar-refractivity contribution in [1.29, 1.82) is 0 Å². The van der Waals surface area contributed by atoms with Gasteiger partial charge in [-0.2, -0.15) is 5.10 Å². The van der Waals surface area contributed by atoms with Crippen molar-refractivity contribution in [2.24, 2.45) is 5.73 Å². The number of amides is 2. The number of anilines is 2. The maximum absolute atomic E-state index is 12.7. The number of carbonyl (C=O) groups is 2. The first kappa shape index (κ1) is 22.0. The Labute approximate surface area is 189 Å². The van der Waals surface area contributed by atoms with Crippen LogP contribution in [0.2, 0.25) is 0 Å². The summed E-state index contributed by atoms with van der Waals surface area (Å²) in [7, 11) is 0. The maximum Gasteiger partial charge on any atom is 0.258 e. The van der Waals surface area contributed by atoms with Gasteiger partial charge in [0.05, 0.1) is 34.2 Å². The predicted octanol–water partition coefficient (Wildman–Crippen LogP) is 2.48. The number of ether oxygens (including phenoxy) is 1. The second kappa shape index (κ2) is 9.94.